The lowest BCUT2D eigenvalue weighted by molar-refractivity contribution is -0.149. The molecule has 0 aliphatic heterocycles. The van der Waals surface area contributed by atoms with Gasteiger partial charge in [-0.05, 0) is 30.7 Å². The van der Waals surface area contributed by atoms with Gasteiger partial charge in [0.1, 0.15) is 11.9 Å². The largest absolute Gasteiger partial charge is 0.403 e. The molecule has 0 fully saturated rings. The van der Waals surface area contributed by atoms with Crippen LogP contribution < -0.4 is 22.1 Å². The van der Waals surface area contributed by atoms with E-state index in [9.17, 15) is 22.4 Å². The van der Waals surface area contributed by atoms with Crippen molar-refractivity contribution in [3.63, 3.8) is 0 Å². The van der Waals surface area contributed by atoms with Gasteiger partial charge in [0.15, 0.2) is 0 Å². The Labute approximate surface area is 154 Å². The molecule has 0 aliphatic carbocycles. The van der Waals surface area contributed by atoms with Crippen molar-refractivity contribution in [1.82, 2.24) is 10.6 Å². The van der Waals surface area contributed by atoms with Gasteiger partial charge < -0.3 is 26.8 Å². The number of alkyl halides is 3. The fourth-order valence-electron chi connectivity index (χ4n) is 1.95. The predicted octanol–water partition coefficient (Wildman–Crippen LogP) is 1.10. The molecule has 27 heavy (non-hydrogen) atoms. The average molecular weight is 393 g/mol. The van der Waals surface area contributed by atoms with Crippen molar-refractivity contribution < 1.29 is 27.1 Å². The zero-order valence-electron chi connectivity index (χ0n) is 14.7. The van der Waals surface area contributed by atoms with Crippen LogP contribution >= 0.6 is 0 Å². The predicted molar refractivity (Wildman–Crippen MR) is 92.4 cm³/mol. The maximum atomic E-state index is 12.9. The molecule has 11 heteroatoms. The molecule has 1 amide bonds. The maximum absolute atomic E-state index is 12.9. The molecule has 0 aromatic heterocycles. The smallest absolute Gasteiger partial charge is 0.385 e. The molecule has 1 aromatic rings. The van der Waals surface area contributed by atoms with E-state index in [1.165, 1.54) is 19.2 Å². The standard InChI is InChI=1S/C16H23F4N5O2/c1-27-8-2-7-23-15(24-13(22)9-12(21)16(18,19)20)25-14(26)10-3-5-11(17)6-4-10/h3-6,12-13H,2,7-9,21-22H2,1H3,(H2,23,24,25,26). The summed E-state index contributed by atoms with van der Waals surface area (Å²) >= 11 is 0. The van der Waals surface area contributed by atoms with E-state index in [0.29, 0.717) is 19.6 Å². The first-order valence-corrected chi connectivity index (χ1v) is 8.09. The van der Waals surface area contributed by atoms with Crippen LogP contribution in [0.15, 0.2) is 29.3 Å². The molecule has 2 unspecified atom stereocenters. The number of methoxy groups -OCH3 is 1. The number of amides is 1. The van der Waals surface area contributed by atoms with Crippen LogP contribution in [0.5, 0.6) is 0 Å². The topological polar surface area (TPSA) is 115 Å². The summed E-state index contributed by atoms with van der Waals surface area (Å²) in [5.41, 5.74) is 10.8. The lowest BCUT2D eigenvalue weighted by Gasteiger charge is -2.22. The van der Waals surface area contributed by atoms with E-state index in [4.69, 9.17) is 16.2 Å². The number of benzene rings is 1. The van der Waals surface area contributed by atoms with E-state index in [2.05, 4.69) is 15.6 Å². The molecule has 1 aromatic carbocycles. The number of nitrogens with zero attached hydrogens (tertiary/aromatic N) is 1. The van der Waals surface area contributed by atoms with E-state index >= 15 is 0 Å². The van der Waals surface area contributed by atoms with Crippen LogP contribution in [0.3, 0.4) is 0 Å². The van der Waals surface area contributed by atoms with Crippen LogP contribution in [0.1, 0.15) is 23.2 Å². The summed E-state index contributed by atoms with van der Waals surface area (Å²) < 4.78 is 55.5. The number of hydrogen-bond acceptors (Lipinski definition) is 4. The van der Waals surface area contributed by atoms with Crippen molar-refractivity contribution in [3.8, 4) is 0 Å². The second kappa shape index (κ2) is 10.8. The first-order valence-electron chi connectivity index (χ1n) is 8.09. The minimum atomic E-state index is -4.59. The first-order chi connectivity index (χ1) is 12.6. The van der Waals surface area contributed by atoms with Crippen molar-refractivity contribution in [3.05, 3.63) is 35.6 Å². The van der Waals surface area contributed by atoms with Gasteiger partial charge in [0.05, 0.1) is 6.17 Å². The van der Waals surface area contributed by atoms with Crippen molar-refractivity contribution >= 4 is 11.9 Å². The van der Waals surface area contributed by atoms with Crippen molar-refractivity contribution in [1.29, 1.82) is 0 Å². The van der Waals surface area contributed by atoms with E-state index in [-0.39, 0.29) is 11.5 Å². The Bertz CT molecular complexity index is 622. The zero-order chi connectivity index (χ0) is 20.4. The molecule has 0 bridgehead atoms. The molecular formula is C16H23F4N5O2. The molecule has 0 spiro atoms. The number of carbonyl (C=O) groups is 1. The fraction of sp³-hybridized carbons (Fsp3) is 0.500. The molecule has 0 saturated carbocycles. The van der Waals surface area contributed by atoms with Gasteiger partial charge in [-0.2, -0.15) is 18.2 Å². The van der Waals surface area contributed by atoms with Gasteiger partial charge >= 0.3 is 6.18 Å². The zero-order valence-corrected chi connectivity index (χ0v) is 14.7. The van der Waals surface area contributed by atoms with E-state index in [1.54, 1.807) is 0 Å². The Hall–Kier alpha value is -2.24. The summed E-state index contributed by atoms with van der Waals surface area (Å²) in [7, 11) is 1.51. The van der Waals surface area contributed by atoms with Gasteiger partial charge in [-0.3, -0.25) is 4.79 Å². The monoisotopic (exact) mass is 393 g/mol. The summed E-state index contributed by atoms with van der Waals surface area (Å²) in [6, 6.07) is 2.54. The van der Waals surface area contributed by atoms with Crippen LogP contribution in [-0.4, -0.2) is 50.5 Å². The average Bonchev–Trinajstić information content (AvgIpc) is 2.58. The summed E-state index contributed by atoms with van der Waals surface area (Å²) in [6.07, 6.45) is -5.85. The molecule has 0 aliphatic rings. The third kappa shape index (κ3) is 8.80. The Morgan fingerprint density at radius 1 is 1.26 bits per heavy atom. The van der Waals surface area contributed by atoms with Gasteiger partial charge in [-0.1, -0.05) is 0 Å². The first kappa shape index (κ1) is 22.8. The van der Waals surface area contributed by atoms with E-state index < -0.39 is 36.5 Å². The normalized spacial score (nSPS) is 14.6. The van der Waals surface area contributed by atoms with Gasteiger partial charge in [0.2, 0.25) is 5.96 Å². The van der Waals surface area contributed by atoms with Crippen molar-refractivity contribution in [2.24, 2.45) is 16.5 Å². The number of halogens is 4. The molecule has 0 saturated heterocycles. The van der Waals surface area contributed by atoms with Crippen molar-refractivity contribution in [2.45, 2.75) is 31.2 Å². The molecule has 2 atom stereocenters. The number of nitrogens with two attached hydrogens (primary N) is 2. The Morgan fingerprint density at radius 3 is 2.44 bits per heavy atom. The van der Waals surface area contributed by atoms with Gasteiger partial charge in [0, 0.05) is 32.2 Å². The second-order valence-corrected chi connectivity index (χ2v) is 5.68. The summed E-state index contributed by atoms with van der Waals surface area (Å²) in [4.78, 5) is 15.9. The number of ether oxygens (including phenoxy) is 1. The van der Waals surface area contributed by atoms with Gasteiger partial charge in [-0.15, -0.1) is 0 Å². The number of nitrogens with one attached hydrogen (secondary N) is 2. The third-order valence-electron chi connectivity index (χ3n) is 3.37. The van der Waals surface area contributed by atoms with E-state index in [1.807, 2.05) is 0 Å². The van der Waals surface area contributed by atoms with Crippen molar-refractivity contribution in [2.75, 3.05) is 20.3 Å². The Morgan fingerprint density at radius 2 is 1.89 bits per heavy atom. The third-order valence-corrected chi connectivity index (χ3v) is 3.37. The summed E-state index contributed by atoms with van der Waals surface area (Å²) in [5.74, 6) is -1.35. The molecule has 0 radical (unpaired) electrons. The lowest BCUT2D eigenvalue weighted by Crippen LogP contribution is -2.52. The quantitative estimate of drug-likeness (QED) is 0.173. The fourth-order valence-corrected chi connectivity index (χ4v) is 1.95. The molecular weight excluding hydrogens is 370 g/mol. The van der Waals surface area contributed by atoms with Crippen LogP contribution in [0.2, 0.25) is 0 Å². The number of aliphatic imine (C=N–C) groups is 1. The summed E-state index contributed by atoms with van der Waals surface area (Å²) in [6.45, 7) is 0.756. The number of rotatable bonds is 8. The Balaban J connectivity index is 2.81. The SMILES string of the molecule is COCCCN/C(=N/C(=O)c1ccc(F)cc1)NC(N)CC(N)C(F)(F)F. The number of carbonyl (C=O) groups excluding carboxylic acids is 1. The minimum Gasteiger partial charge on any atom is -0.385 e. The maximum Gasteiger partial charge on any atom is 0.403 e. The number of hydrogen-bond donors (Lipinski definition) is 4. The number of guanidine groups is 1. The Kier molecular flexibility index (Phi) is 9.12. The molecule has 1 rings (SSSR count). The minimum absolute atomic E-state index is 0.106. The summed E-state index contributed by atoms with van der Waals surface area (Å²) in [5, 5.41) is 5.28. The molecule has 152 valence electrons. The highest BCUT2D eigenvalue weighted by Crippen LogP contribution is 2.20. The highest BCUT2D eigenvalue weighted by molar-refractivity contribution is 6.02. The van der Waals surface area contributed by atoms with E-state index in [0.717, 1.165) is 12.1 Å². The van der Waals surface area contributed by atoms with Crippen LogP contribution in [0.25, 0.3) is 0 Å². The van der Waals surface area contributed by atoms with Crippen LogP contribution in [0, 0.1) is 5.82 Å². The molecule has 7 nitrogen and oxygen atoms in total. The van der Waals surface area contributed by atoms with Gasteiger partial charge in [0.25, 0.3) is 5.91 Å². The molecule has 6 N–H and O–H groups in total. The second-order valence-electron chi connectivity index (χ2n) is 5.68. The van der Waals surface area contributed by atoms with Crippen LogP contribution in [-0.2, 0) is 4.74 Å². The van der Waals surface area contributed by atoms with Gasteiger partial charge in [-0.25, -0.2) is 4.39 Å². The molecule has 0 heterocycles. The lowest BCUT2D eigenvalue weighted by atomic mass is 10.2. The van der Waals surface area contributed by atoms with Crippen LogP contribution in [0.4, 0.5) is 17.6 Å². The highest BCUT2D eigenvalue weighted by Gasteiger charge is 2.37. The highest BCUT2D eigenvalue weighted by atomic mass is 19.4.